The molecular formula is C28H19Cl2N3O2S2. The smallest absolute Gasteiger partial charge is 0.250 e. The average molecular weight is 565 g/mol. The predicted octanol–water partition coefficient (Wildman–Crippen LogP) is 8.36. The van der Waals surface area contributed by atoms with Crippen LogP contribution in [0.25, 0.3) is 38.2 Å². The lowest BCUT2D eigenvalue weighted by atomic mass is 10.1. The summed E-state index contributed by atoms with van der Waals surface area (Å²) in [7, 11) is 0. The molecule has 0 saturated carbocycles. The maximum atomic E-state index is 12.4. The number of para-hydroxylation sites is 1. The van der Waals surface area contributed by atoms with E-state index in [4.69, 9.17) is 44.8 Å². The van der Waals surface area contributed by atoms with Gasteiger partial charge in [-0.3, -0.25) is 10.1 Å². The van der Waals surface area contributed by atoms with Crippen LogP contribution in [0.3, 0.4) is 0 Å². The van der Waals surface area contributed by atoms with Gasteiger partial charge < -0.3 is 9.73 Å². The lowest BCUT2D eigenvalue weighted by Crippen LogP contribution is -2.33. The standard InChI is InChI=1S/C28H19Cl2N3O2S2/c1-16-14-17(27-31-23-4-2-3-5-25(23)37-27)6-11-22(16)32-28(36)33-26(34)13-9-19-8-12-24(35-19)20-10-7-18(29)15-21(20)30/h2-15H,1H3,(H2,32,33,34,36)/b13-9+. The van der Waals surface area contributed by atoms with Crippen LogP contribution >= 0.6 is 46.8 Å². The number of nitrogens with zero attached hydrogens (tertiary/aromatic N) is 1. The Morgan fingerprint density at radius 3 is 2.68 bits per heavy atom. The molecular weight excluding hydrogens is 545 g/mol. The van der Waals surface area contributed by atoms with Crippen LogP contribution in [0.1, 0.15) is 11.3 Å². The second-order valence-electron chi connectivity index (χ2n) is 8.12. The molecule has 0 bridgehead atoms. The number of thiazole rings is 1. The zero-order valence-electron chi connectivity index (χ0n) is 19.4. The van der Waals surface area contributed by atoms with Gasteiger partial charge in [0.1, 0.15) is 16.5 Å². The van der Waals surface area contributed by atoms with Gasteiger partial charge in [-0.2, -0.15) is 0 Å². The first-order chi connectivity index (χ1) is 17.9. The van der Waals surface area contributed by atoms with Crippen LogP contribution in [0.15, 0.2) is 83.3 Å². The molecule has 0 aliphatic carbocycles. The minimum absolute atomic E-state index is 0.193. The van der Waals surface area contributed by atoms with Crippen LogP contribution in [0, 0.1) is 6.92 Å². The van der Waals surface area contributed by atoms with Crippen molar-refractivity contribution in [1.82, 2.24) is 10.3 Å². The highest BCUT2D eigenvalue weighted by Gasteiger charge is 2.11. The van der Waals surface area contributed by atoms with Crippen molar-refractivity contribution >= 4 is 79.8 Å². The van der Waals surface area contributed by atoms with E-state index in [1.807, 2.05) is 43.3 Å². The Morgan fingerprint density at radius 2 is 1.89 bits per heavy atom. The highest BCUT2D eigenvalue weighted by atomic mass is 35.5. The second-order valence-corrected chi connectivity index (χ2v) is 10.4. The second kappa shape index (κ2) is 10.9. The van der Waals surface area contributed by atoms with Crippen molar-refractivity contribution < 1.29 is 9.21 Å². The normalized spacial score (nSPS) is 11.2. The summed E-state index contributed by atoms with van der Waals surface area (Å²) in [5, 5.41) is 7.90. The molecule has 5 aromatic rings. The molecule has 3 aromatic carbocycles. The van der Waals surface area contributed by atoms with Crippen LogP contribution in [0.2, 0.25) is 10.0 Å². The summed E-state index contributed by atoms with van der Waals surface area (Å²) in [6.07, 6.45) is 2.91. The zero-order chi connectivity index (χ0) is 25.9. The first-order valence-electron chi connectivity index (χ1n) is 11.2. The fourth-order valence-electron chi connectivity index (χ4n) is 3.67. The van der Waals surface area contributed by atoms with E-state index < -0.39 is 0 Å². The molecule has 5 nitrogen and oxygen atoms in total. The largest absolute Gasteiger partial charge is 0.457 e. The van der Waals surface area contributed by atoms with E-state index in [-0.39, 0.29) is 11.0 Å². The lowest BCUT2D eigenvalue weighted by molar-refractivity contribution is -0.115. The van der Waals surface area contributed by atoms with Crippen LogP contribution < -0.4 is 10.6 Å². The number of carbonyl (C=O) groups is 1. The van der Waals surface area contributed by atoms with Crippen molar-refractivity contribution in [3.63, 3.8) is 0 Å². The molecule has 2 N–H and O–H groups in total. The molecule has 2 aromatic heterocycles. The molecule has 0 aliphatic heterocycles. The lowest BCUT2D eigenvalue weighted by Gasteiger charge is -2.11. The van der Waals surface area contributed by atoms with Crippen molar-refractivity contribution in [3.05, 3.63) is 100 Å². The number of fused-ring (bicyclic) bond motifs is 1. The quantitative estimate of drug-likeness (QED) is 0.166. The number of nitrogens with one attached hydrogen (secondary N) is 2. The van der Waals surface area contributed by atoms with E-state index in [0.717, 1.165) is 32.0 Å². The van der Waals surface area contributed by atoms with Crippen LogP contribution in [0.4, 0.5) is 5.69 Å². The molecule has 37 heavy (non-hydrogen) atoms. The minimum Gasteiger partial charge on any atom is -0.457 e. The molecule has 0 unspecified atom stereocenters. The van der Waals surface area contributed by atoms with Gasteiger partial charge in [0.15, 0.2) is 5.11 Å². The maximum Gasteiger partial charge on any atom is 0.250 e. The summed E-state index contributed by atoms with van der Waals surface area (Å²) >= 11 is 19.2. The highest BCUT2D eigenvalue weighted by Crippen LogP contribution is 2.33. The fourth-order valence-corrected chi connectivity index (χ4v) is 5.35. The van der Waals surface area contributed by atoms with E-state index in [2.05, 4.69) is 16.7 Å². The number of halogens is 2. The van der Waals surface area contributed by atoms with Crippen molar-refractivity contribution in [2.75, 3.05) is 5.32 Å². The number of hydrogen-bond acceptors (Lipinski definition) is 5. The first-order valence-corrected chi connectivity index (χ1v) is 13.2. The molecule has 0 radical (unpaired) electrons. The number of aromatic nitrogens is 1. The molecule has 0 fully saturated rings. The number of amides is 1. The van der Waals surface area contributed by atoms with Crippen molar-refractivity contribution in [3.8, 4) is 21.9 Å². The van der Waals surface area contributed by atoms with Gasteiger partial charge in [-0.15, -0.1) is 11.3 Å². The van der Waals surface area contributed by atoms with E-state index in [0.29, 0.717) is 27.1 Å². The number of hydrogen-bond donors (Lipinski definition) is 2. The zero-order valence-corrected chi connectivity index (χ0v) is 22.6. The molecule has 1 amide bonds. The molecule has 184 valence electrons. The Bertz CT molecular complexity index is 1640. The number of rotatable bonds is 5. The minimum atomic E-state index is -0.385. The molecule has 5 rings (SSSR count). The van der Waals surface area contributed by atoms with Crippen LogP contribution in [-0.4, -0.2) is 16.0 Å². The number of anilines is 1. The van der Waals surface area contributed by atoms with E-state index in [1.165, 1.54) is 6.08 Å². The third-order valence-corrected chi connectivity index (χ3v) is 7.31. The first kappa shape index (κ1) is 25.2. The monoisotopic (exact) mass is 563 g/mol. The predicted molar refractivity (Wildman–Crippen MR) is 157 cm³/mol. The summed E-state index contributed by atoms with van der Waals surface area (Å²) in [6, 6.07) is 22.7. The SMILES string of the molecule is Cc1cc(-c2nc3ccccc3s2)ccc1NC(=S)NC(=O)/C=C/c1ccc(-c2ccc(Cl)cc2Cl)o1. The van der Waals surface area contributed by atoms with Gasteiger partial charge in [-0.25, -0.2) is 4.98 Å². The third-order valence-electron chi connectivity index (χ3n) is 5.47. The van der Waals surface area contributed by atoms with Crippen LogP contribution in [-0.2, 0) is 4.79 Å². The van der Waals surface area contributed by atoms with E-state index in [9.17, 15) is 4.79 Å². The van der Waals surface area contributed by atoms with Gasteiger partial charge in [-0.05, 0) is 91.4 Å². The highest BCUT2D eigenvalue weighted by molar-refractivity contribution is 7.80. The number of thiocarbonyl (C=S) groups is 1. The summed E-state index contributed by atoms with van der Waals surface area (Å²) in [6.45, 7) is 1.98. The summed E-state index contributed by atoms with van der Waals surface area (Å²) < 4.78 is 6.92. The van der Waals surface area contributed by atoms with Gasteiger partial charge in [0.2, 0.25) is 5.91 Å². The van der Waals surface area contributed by atoms with Crippen molar-refractivity contribution in [1.29, 1.82) is 0 Å². The topological polar surface area (TPSA) is 67.2 Å². The molecule has 9 heteroatoms. The summed E-state index contributed by atoms with van der Waals surface area (Å²) in [5.41, 5.74) is 4.51. The van der Waals surface area contributed by atoms with Crippen LogP contribution in [0.5, 0.6) is 0 Å². The van der Waals surface area contributed by atoms with Crippen molar-refractivity contribution in [2.45, 2.75) is 6.92 Å². The third kappa shape index (κ3) is 5.92. The number of benzene rings is 3. The summed E-state index contributed by atoms with van der Waals surface area (Å²) in [5.74, 6) is 0.684. The van der Waals surface area contributed by atoms with Gasteiger partial charge in [0, 0.05) is 27.9 Å². The molecule has 0 atom stereocenters. The Balaban J connectivity index is 1.20. The summed E-state index contributed by atoms with van der Waals surface area (Å²) in [4.78, 5) is 17.1. The maximum absolute atomic E-state index is 12.4. The Labute approximate surface area is 232 Å². The average Bonchev–Trinajstić information content (AvgIpc) is 3.51. The van der Waals surface area contributed by atoms with Gasteiger partial charge >= 0.3 is 0 Å². The number of carbonyl (C=O) groups excluding carboxylic acids is 1. The molecule has 0 aliphatic rings. The van der Waals surface area contributed by atoms with Gasteiger partial charge in [0.25, 0.3) is 0 Å². The molecule has 0 saturated heterocycles. The van der Waals surface area contributed by atoms with E-state index in [1.54, 1.807) is 47.7 Å². The van der Waals surface area contributed by atoms with Gasteiger partial charge in [-0.1, -0.05) is 35.3 Å². The Hall–Kier alpha value is -3.49. The molecule has 0 spiro atoms. The fraction of sp³-hybridized carbons (Fsp3) is 0.0357. The van der Waals surface area contributed by atoms with Gasteiger partial charge in [0.05, 0.1) is 15.2 Å². The number of aryl methyl sites for hydroxylation is 1. The molecule has 2 heterocycles. The number of furan rings is 1. The van der Waals surface area contributed by atoms with Crippen molar-refractivity contribution in [2.24, 2.45) is 0 Å². The Kier molecular flexibility index (Phi) is 7.39. The Morgan fingerprint density at radius 1 is 1.05 bits per heavy atom. The van der Waals surface area contributed by atoms with E-state index >= 15 is 0 Å².